The number of nitrogens with zero attached hydrogens (tertiary/aromatic N) is 3. The van der Waals surface area contributed by atoms with Crippen molar-refractivity contribution in [3.8, 4) is 17.2 Å². The summed E-state index contributed by atoms with van der Waals surface area (Å²) in [6.45, 7) is 5.13. The van der Waals surface area contributed by atoms with Gasteiger partial charge in [0.25, 0.3) is 5.56 Å². The molecule has 0 spiro atoms. The number of aromatic nitrogens is 1. The molecular formula is C29H28IN3O10S. The van der Waals surface area contributed by atoms with E-state index in [1.807, 2.05) is 22.6 Å². The van der Waals surface area contributed by atoms with Gasteiger partial charge in [0.05, 0.1) is 57.8 Å². The quantitative estimate of drug-likeness (QED) is 0.124. The maximum atomic E-state index is 14.0. The Labute approximate surface area is 268 Å². The largest absolute Gasteiger partial charge is 0.490 e. The summed E-state index contributed by atoms with van der Waals surface area (Å²) < 4.78 is 28.7. The van der Waals surface area contributed by atoms with Gasteiger partial charge < -0.3 is 23.7 Å². The van der Waals surface area contributed by atoms with Crippen LogP contribution in [0, 0.1) is 13.7 Å². The summed E-state index contributed by atoms with van der Waals surface area (Å²) >= 11 is 3.01. The van der Waals surface area contributed by atoms with Crippen LogP contribution in [0.2, 0.25) is 0 Å². The number of benzene rings is 2. The molecule has 1 aromatic heterocycles. The third-order valence-electron chi connectivity index (χ3n) is 6.42. The molecule has 1 atom stereocenters. The molecule has 44 heavy (non-hydrogen) atoms. The lowest BCUT2D eigenvalue weighted by Gasteiger charge is -2.25. The SMILES string of the molecule is CCOC(=O)C1=C(C)N=c2s/c(=C\c3cc(I)c(OC)c([N+](=O)[O-])c3)c(=O)n2[C@H]1c1ccc(OCC(=O)OC)c(OCC)c1. The molecule has 0 saturated heterocycles. The number of hydrogen-bond acceptors (Lipinski definition) is 12. The molecule has 0 amide bonds. The number of hydrogen-bond donors (Lipinski definition) is 0. The van der Waals surface area contributed by atoms with Gasteiger partial charge in [-0.05, 0) is 78.8 Å². The molecule has 4 rings (SSSR count). The van der Waals surface area contributed by atoms with Gasteiger partial charge in [-0.1, -0.05) is 17.4 Å². The minimum atomic E-state index is -0.952. The fourth-order valence-electron chi connectivity index (χ4n) is 4.56. The van der Waals surface area contributed by atoms with E-state index in [1.165, 1.54) is 30.9 Å². The smallest absolute Gasteiger partial charge is 0.343 e. The first-order valence-corrected chi connectivity index (χ1v) is 15.1. The van der Waals surface area contributed by atoms with Crippen LogP contribution >= 0.6 is 33.9 Å². The summed E-state index contributed by atoms with van der Waals surface area (Å²) in [6.07, 6.45) is 1.54. The average molecular weight is 738 g/mol. The van der Waals surface area contributed by atoms with Crippen LogP contribution in [0.5, 0.6) is 17.2 Å². The van der Waals surface area contributed by atoms with Gasteiger partial charge in [0, 0.05) is 6.07 Å². The van der Waals surface area contributed by atoms with Crippen LogP contribution in [-0.2, 0) is 19.1 Å². The van der Waals surface area contributed by atoms with Crippen molar-refractivity contribution in [2.75, 3.05) is 34.0 Å². The highest BCUT2D eigenvalue weighted by molar-refractivity contribution is 14.1. The molecule has 2 aromatic carbocycles. The van der Waals surface area contributed by atoms with E-state index in [0.29, 0.717) is 25.2 Å². The van der Waals surface area contributed by atoms with Crippen LogP contribution in [0.1, 0.15) is 37.9 Å². The number of ether oxygens (including phenoxy) is 5. The fraction of sp³-hybridized carbons (Fsp3) is 0.310. The molecule has 15 heteroatoms. The van der Waals surface area contributed by atoms with Crippen LogP contribution in [0.15, 0.2) is 51.4 Å². The number of carbonyl (C=O) groups excluding carboxylic acids is 2. The van der Waals surface area contributed by atoms with Crippen LogP contribution in [-0.4, -0.2) is 55.5 Å². The van der Waals surface area contributed by atoms with Gasteiger partial charge >= 0.3 is 17.6 Å². The van der Waals surface area contributed by atoms with E-state index in [9.17, 15) is 24.5 Å². The molecule has 0 bridgehead atoms. The van der Waals surface area contributed by atoms with Gasteiger partial charge in [-0.3, -0.25) is 19.5 Å². The highest BCUT2D eigenvalue weighted by Gasteiger charge is 2.34. The van der Waals surface area contributed by atoms with Gasteiger partial charge in [0.1, 0.15) is 0 Å². The van der Waals surface area contributed by atoms with E-state index >= 15 is 0 Å². The van der Waals surface area contributed by atoms with E-state index in [4.69, 9.17) is 18.9 Å². The Hall–Kier alpha value is -4.25. The number of methoxy groups -OCH3 is 2. The molecule has 1 aliphatic rings. The Morgan fingerprint density at radius 2 is 1.89 bits per heavy atom. The number of esters is 2. The number of rotatable bonds is 11. The van der Waals surface area contributed by atoms with Crippen molar-refractivity contribution in [3.63, 3.8) is 0 Å². The van der Waals surface area contributed by atoms with Crippen molar-refractivity contribution in [2.45, 2.75) is 26.8 Å². The number of allylic oxidation sites excluding steroid dienone is 1. The number of thiazole rings is 1. The number of fused-ring (bicyclic) bond motifs is 1. The fourth-order valence-corrected chi connectivity index (χ4v) is 6.46. The van der Waals surface area contributed by atoms with E-state index in [0.717, 1.165) is 11.3 Å². The van der Waals surface area contributed by atoms with Crippen LogP contribution in [0.3, 0.4) is 0 Å². The first-order chi connectivity index (χ1) is 21.0. The Morgan fingerprint density at radius 1 is 1.14 bits per heavy atom. The number of nitro benzene ring substituents is 1. The summed E-state index contributed by atoms with van der Waals surface area (Å²) in [5.41, 5.74) is 0.723. The van der Waals surface area contributed by atoms with E-state index < -0.39 is 28.5 Å². The predicted molar refractivity (Wildman–Crippen MR) is 168 cm³/mol. The third-order valence-corrected chi connectivity index (χ3v) is 8.20. The second-order valence-electron chi connectivity index (χ2n) is 9.12. The maximum absolute atomic E-state index is 14.0. The first kappa shape index (κ1) is 32.7. The minimum Gasteiger partial charge on any atom is -0.490 e. The summed E-state index contributed by atoms with van der Waals surface area (Å²) in [7, 11) is 2.59. The molecule has 0 aliphatic carbocycles. The zero-order valence-electron chi connectivity index (χ0n) is 24.4. The Bertz CT molecular complexity index is 1850. The lowest BCUT2D eigenvalue weighted by atomic mass is 9.95. The van der Waals surface area contributed by atoms with Crippen molar-refractivity contribution < 1.29 is 38.2 Å². The number of nitro groups is 1. The van der Waals surface area contributed by atoms with Gasteiger partial charge in [0.15, 0.2) is 22.9 Å². The predicted octanol–water partition coefficient (Wildman–Crippen LogP) is 3.27. The molecule has 0 fully saturated rings. The molecule has 232 valence electrons. The van der Waals surface area contributed by atoms with Crippen molar-refractivity contribution in [2.24, 2.45) is 4.99 Å². The van der Waals surface area contributed by atoms with Crippen LogP contribution in [0.4, 0.5) is 5.69 Å². The van der Waals surface area contributed by atoms with E-state index in [-0.39, 0.29) is 52.9 Å². The topological polar surface area (TPSA) is 158 Å². The highest BCUT2D eigenvalue weighted by Crippen LogP contribution is 2.37. The summed E-state index contributed by atoms with van der Waals surface area (Å²) in [5.74, 6) is -0.550. The molecule has 0 unspecified atom stereocenters. The number of carbonyl (C=O) groups is 2. The molecule has 1 aliphatic heterocycles. The zero-order chi connectivity index (χ0) is 32.1. The zero-order valence-corrected chi connectivity index (χ0v) is 27.3. The Balaban J connectivity index is 1.93. The van der Waals surface area contributed by atoms with Gasteiger partial charge in [-0.15, -0.1) is 0 Å². The molecule has 0 saturated carbocycles. The molecule has 0 N–H and O–H groups in total. The number of halogens is 1. The standard InChI is InChI=1S/C29H28IN3O10S/c1-6-41-21-13-17(8-9-20(21)43-14-23(34)39-4)25-24(28(36)42-7-2)15(3)31-29-32(25)27(35)22(44-29)12-16-10-18(30)26(40-5)19(11-16)33(37)38/h8-13,25H,6-7,14H2,1-5H3/b22-12-/t25-/m0/s1. The second-order valence-corrected chi connectivity index (χ2v) is 11.3. The lowest BCUT2D eigenvalue weighted by Crippen LogP contribution is -2.40. The van der Waals surface area contributed by atoms with E-state index in [2.05, 4.69) is 9.73 Å². The van der Waals surface area contributed by atoms with Crippen molar-refractivity contribution >= 4 is 57.6 Å². The highest BCUT2D eigenvalue weighted by atomic mass is 127. The Kier molecular flexibility index (Phi) is 10.4. The lowest BCUT2D eigenvalue weighted by molar-refractivity contribution is -0.385. The van der Waals surface area contributed by atoms with Crippen molar-refractivity contribution in [1.82, 2.24) is 4.57 Å². The first-order valence-electron chi connectivity index (χ1n) is 13.2. The monoisotopic (exact) mass is 737 g/mol. The van der Waals surface area contributed by atoms with E-state index in [1.54, 1.807) is 45.0 Å². The van der Waals surface area contributed by atoms with Crippen molar-refractivity contribution in [1.29, 1.82) is 0 Å². The molecule has 3 aromatic rings. The van der Waals surface area contributed by atoms with Gasteiger partial charge in [0.2, 0.25) is 5.75 Å². The molecule has 0 radical (unpaired) electrons. The van der Waals surface area contributed by atoms with Crippen LogP contribution in [0.25, 0.3) is 6.08 Å². The molecular weight excluding hydrogens is 709 g/mol. The maximum Gasteiger partial charge on any atom is 0.343 e. The van der Waals surface area contributed by atoms with Gasteiger partial charge in [-0.2, -0.15) is 0 Å². The summed E-state index contributed by atoms with van der Waals surface area (Å²) in [6, 6.07) is 6.91. The third kappa shape index (κ3) is 6.62. The molecule has 2 heterocycles. The normalized spacial score (nSPS) is 14.4. The average Bonchev–Trinajstić information content (AvgIpc) is 3.29. The second kappa shape index (κ2) is 14.0. The van der Waals surface area contributed by atoms with Crippen LogP contribution < -0.4 is 29.1 Å². The van der Waals surface area contributed by atoms with Gasteiger partial charge in [-0.25, -0.2) is 14.6 Å². The Morgan fingerprint density at radius 3 is 2.52 bits per heavy atom. The molecule has 13 nitrogen and oxygen atoms in total. The summed E-state index contributed by atoms with van der Waals surface area (Å²) in [4.78, 5) is 54.9. The minimum absolute atomic E-state index is 0.103. The summed E-state index contributed by atoms with van der Waals surface area (Å²) in [5, 5.41) is 11.7. The van der Waals surface area contributed by atoms with Crippen molar-refractivity contribution in [3.05, 3.63) is 86.1 Å².